The van der Waals surface area contributed by atoms with Gasteiger partial charge in [0.2, 0.25) is 0 Å². The molecule has 0 saturated heterocycles. The van der Waals surface area contributed by atoms with Gasteiger partial charge in [0.05, 0.1) is 6.20 Å². The van der Waals surface area contributed by atoms with Gasteiger partial charge in [0.15, 0.2) is 5.54 Å². The van der Waals surface area contributed by atoms with E-state index in [4.69, 9.17) is 4.74 Å². The van der Waals surface area contributed by atoms with Crippen molar-refractivity contribution in [2.45, 2.75) is 43.7 Å². The molecule has 2 aliphatic rings. The Hall–Kier alpha value is -2.10. The Balaban J connectivity index is 1.45. The number of ether oxygens (including phenoxy) is 1. The van der Waals surface area contributed by atoms with Crippen molar-refractivity contribution in [1.29, 1.82) is 0 Å². The van der Waals surface area contributed by atoms with Crippen LogP contribution in [0.15, 0.2) is 42.7 Å². The highest BCUT2D eigenvalue weighted by Gasteiger charge is 2.54. The monoisotopic (exact) mass is 282 g/mol. The summed E-state index contributed by atoms with van der Waals surface area (Å²) in [6, 6.07) is 9.78. The lowest BCUT2D eigenvalue weighted by Crippen LogP contribution is -2.30. The lowest BCUT2D eigenvalue weighted by Gasteiger charge is -2.15. The summed E-state index contributed by atoms with van der Waals surface area (Å²) in [5, 5.41) is 4.40. The summed E-state index contributed by atoms with van der Waals surface area (Å²) < 4.78 is 7.32. The smallest absolute Gasteiger partial charge is 0.334 e. The molecule has 0 spiro atoms. The summed E-state index contributed by atoms with van der Waals surface area (Å²) in [5.74, 6) is 0.506. The van der Waals surface area contributed by atoms with E-state index in [2.05, 4.69) is 5.10 Å². The first-order chi connectivity index (χ1) is 10.3. The van der Waals surface area contributed by atoms with Crippen molar-refractivity contribution < 1.29 is 9.53 Å². The third-order valence-electron chi connectivity index (χ3n) is 4.41. The van der Waals surface area contributed by atoms with E-state index in [1.54, 1.807) is 0 Å². The molecule has 0 atom stereocenters. The highest BCUT2D eigenvalue weighted by atomic mass is 16.5. The van der Waals surface area contributed by atoms with Crippen LogP contribution in [0.25, 0.3) is 0 Å². The molecule has 2 aliphatic carbocycles. The zero-order valence-corrected chi connectivity index (χ0v) is 11.9. The van der Waals surface area contributed by atoms with Crippen molar-refractivity contribution in [3.8, 4) is 0 Å². The molecule has 0 radical (unpaired) electrons. The van der Waals surface area contributed by atoms with E-state index in [0.29, 0.717) is 12.5 Å². The molecule has 4 rings (SSSR count). The first-order valence-corrected chi connectivity index (χ1v) is 7.54. The molecule has 1 aromatic carbocycles. The maximum atomic E-state index is 12.4. The number of esters is 1. The van der Waals surface area contributed by atoms with Gasteiger partial charge >= 0.3 is 5.97 Å². The number of carbonyl (C=O) groups excluding carboxylic acids is 1. The first-order valence-electron chi connectivity index (χ1n) is 7.54. The third kappa shape index (κ3) is 2.35. The fraction of sp³-hybridized carbons (Fsp3) is 0.412. The number of benzene rings is 1. The van der Waals surface area contributed by atoms with Crippen LogP contribution in [0.2, 0.25) is 0 Å². The molecule has 1 heterocycles. The summed E-state index contributed by atoms with van der Waals surface area (Å²) in [7, 11) is 0. The number of nitrogens with zero attached hydrogens (tertiary/aromatic N) is 2. The number of hydrogen-bond donors (Lipinski definition) is 0. The van der Waals surface area contributed by atoms with E-state index in [1.807, 2.05) is 47.4 Å². The van der Waals surface area contributed by atoms with Gasteiger partial charge in [-0.2, -0.15) is 5.10 Å². The fourth-order valence-corrected chi connectivity index (χ4v) is 2.70. The van der Waals surface area contributed by atoms with E-state index < -0.39 is 5.54 Å². The van der Waals surface area contributed by atoms with E-state index in [1.165, 1.54) is 18.4 Å². The van der Waals surface area contributed by atoms with Gasteiger partial charge in [-0.25, -0.2) is 4.79 Å². The fourth-order valence-electron chi connectivity index (χ4n) is 2.70. The van der Waals surface area contributed by atoms with Gasteiger partial charge in [-0.1, -0.05) is 30.3 Å². The van der Waals surface area contributed by atoms with Crippen molar-refractivity contribution in [3.05, 3.63) is 53.9 Å². The van der Waals surface area contributed by atoms with Gasteiger partial charge < -0.3 is 4.74 Å². The molecule has 1 aromatic heterocycles. The molecule has 2 aromatic rings. The normalized spacial score (nSPS) is 19.2. The average Bonchev–Trinajstić information content (AvgIpc) is 3.46. The van der Waals surface area contributed by atoms with Crippen molar-refractivity contribution in [2.75, 3.05) is 0 Å². The Morgan fingerprint density at radius 1 is 1.29 bits per heavy atom. The molecule has 2 saturated carbocycles. The second kappa shape index (κ2) is 4.72. The molecule has 21 heavy (non-hydrogen) atoms. The number of carbonyl (C=O) groups is 1. The third-order valence-corrected chi connectivity index (χ3v) is 4.41. The lowest BCUT2D eigenvalue weighted by atomic mass is 10.2. The zero-order chi connectivity index (χ0) is 14.3. The minimum atomic E-state index is -0.540. The topological polar surface area (TPSA) is 44.1 Å². The molecule has 108 valence electrons. The highest BCUT2D eigenvalue weighted by molar-refractivity contribution is 5.81. The van der Waals surface area contributed by atoms with Crippen molar-refractivity contribution in [1.82, 2.24) is 9.78 Å². The molecule has 0 aliphatic heterocycles. The summed E-state index contributed by atoms with van der Waals surface area (Å²) in [6.45, 7) is 0.332. The van der Waals surface area contributed by atoms with E-state index in [-0.39, 0.29) is 5.97 Å². The lowest BCUT2D eigenvalue weighted by molar-refractivity contribution is -0.151. The van der Waals surface area contributed by atoms with Crippen LogP contribution in [0.1, 0.15) is 42.7 Å². The molecule has 0 N–H and O–H groups in total. The number of aromatic nitrogens is 2. The van der Waals surface area contributed by atoms with Gasteiger partial charge in [-0.3, -0.25) is 4.68 Å². The van der Waals surface area contributed by atoms with Crippen LogP contribution in [-0.4, -0.2) is 15.7 Å². The SMILES string of the molecule is O=C(OCc1ccccc1)C1(n2cc(C3CC3)cn2)CC1. The number of rotatable bonds is 5. The molecule has 0 bridgehead atoms. The Labute approximate surface area is 123 Å². The molecule has 0 amide bonds. The van der Waals surface area contributed by atoms with Crippen LogP contribution in [0.3, 0.4) is 0 Å². The second-order valence-corrected chi connectivity index (χ2v) is 6.09. The minimum absolute atomic E-state index is 0.156. The Kier molecular flexibility index (Phi) is 2.84. The second-order valence-electron chi connectivity index (χ2n) is 6.09. The summed E-state index contributed by atoms with van der Waals surface area (Å²) >= 11 is 0. The summed E-state index contributed by atoms with van der Waals surface area (Å²) in [5.41, 5.74) is 1.74. The van der Waals surface area contributed by atoms with Gasteiger partial charge in [0.1, 0.15) is 6.61 Å². The van der Waals surface area contributed by atoms with E-state index >= 15 is 0 Å². The predicted molar refractivity (Wildman–Crippen MR) is 77.6 cm³/mol. The Morgan fingerprint density at radius 2 is 2.05 bits per heavy atom. The average molecular weight is 282 g/mol. The van der Waals surface area contributed by atoms with Crippen LogP contribution in [0.5, 0.6) is 0 Å². The van der Waals surface area contributed by atoms with Crippen LogP contribution in [0, 0.1) is 0 Å². The maximum Gasteiger partial charge on any atom is 0.334 e. The van der Waals surface area contributed by atoms with Gasteiger partial charge in [-0.05, 0) is 42.7 Å². The van der Waals surface area contributed by atoms with E-state index in [9.17, 15) is 4.79 Å². The van der Waals surface area contributed by atoms with Crippen molar-refractivity contribution in [3.63, 3.8) is 0 Å². The van der Waals surface area contributed by atoms with Gasteiger partial charge in [-0.15, -0.1) is 0 Å². The quantitative estimate of drug-likeness (QED) is 0.792. The van der Waals surface area contributed by atoms with E-state index in [0.717, 1.165) is 18.4 Å². The van der Waals surface area contributed by atoms with Crippen molar-refractivity contribution >= 4 is 5.97 Å². The molecule has 4 heteroatoms. The maximum absolute atomic E-state index is 12.4. The molecule has 0 unspecified atom stereocenters. The minimum Gasteiger partial charge on any atom is -0.459 e. The Morgan fingerprint density at radius 3 is 2.71 bits per heavy atom. The first kappa shape index (κ1) is 12.6. The van der Waals surface area contributed by atoms with Crippen molar-refractivity contribution in [2.24, 2.45) is 0 Å². The van der Waals surface area contributed by atoms with Crippen LogP contribution in [-0.2, 0) is 21.7 Å². The zero-order valence-electron chi connectivity index (χ0n) is 11.9. The molecule has 2 fully saturated rings. The van der Waals surface area contributed by atoms with Crippen LogP contribution < -0.4 is 0 Å². The molecule has 4 nitrogen and oxygen atoms in total. The van der Waals surface area contributed by atoms with Crippen LogP contribution >= 0.6 is 0 Å². The highest BCUT2D eigenvalue weighted by Crippen LogP contribution is 2.46. The molecular weight excluding hydrogens is 264 g/mol. The standard InChI is InChI=1S/C17H18N2O2/c20-16(21-12-13-4-2-1-3-5-13)17(8-9-17)19-11-15(10-18-19)14-6-7-14/h1-5,10-11,14H,6-9,12H2. The summed E-state index contributed by atoms with van der Waals surface area (Å²) in [6.07, 6.45) is 8.09. The van der Waals surface area contributed by atoms with Crippen LogP contribution in [0.4, 0.5) is 0 Å². The van der Waals surface area contributed by atoms with Gasteiger partial charge in [0, 0.05) is 6.20 Å². The summed E-state index contributed by atoms with van der Waals surface area (Å²) in [4.78, 5) is 12.4. The van der Waals surface area contributed by atoms with Gasteiger partial charge in [0.25, 0.3) is 0 Å². The number of hydrogen-bond acceptors (Lipinski definition) is 3. The predicted octanol–water partition coefficient (Wildman–Crippen LogP) is 2.99. The largest absolute Gasteiger partial charge is 0.459 e. The molecular formula is C17H18N2O2. The Bertz CT molecular complexity index is 654.